The van der Waals surface area contributed by atoms with Crippen molar-refractivity contribution in [1.29, 1.82) is 0 Å². The second-order valence-electron chi connectivity index (χ2n) is 3.96. The van der Waals surface area contributed by atoms with Crippen molar-refractivity contribution in [1.82, 2.24) is 0 Å². The van der Waals surface area contributed by atoms with Crippen molar-refractivity contribution in [3.63, 3.8) is 0 Å². The second-order valence-corrected chi connectivity index (χ2v) is 5.25. The van der Waals surface area contributed by atoms with E-state index >= 15 is 0 Å². The normalized spacial score (nSPS) is 11.9. The molecule has 6 heteroatoms. The summed E-state index contributed by atoms with van der Waals surface area (Å²) in [6, 6.07) is 10.1. The topological polar surface area (TPSA) is 46.5 Å². The third kappa shape index (κ3) is 3.49. The maximum Gasteiger partial charge on any atom is 0.349 e. The molecule has 104 valence electrons. The first kappa shape index (κ1) is 14.8. The van der Waals surface area contributed by atoms with E-state index in [9.17, 15) is 14.3 Å². The third-order valence-electron chi connectivity index (χ3n) is 2.54. The Morgan fingerprint density at radius 3 is 2.45 bits per heavy atom. The van der Waals surface area contributed by atoms with Crippen molar-refractivity contribution < 1.29 is 19.0 Å². The number of hydrogen-bond acceptors (Lipinski definition) is 2. The second kappa shape index (κ2) is 6.24. The van der Waals surface area contributed by atoms with Crippen LogP contribution in [0.5, 0.6) is 5.75 Å². The fraction of sp³-hybridized carbons (Fsp3) is 0.0714. The van der Waals surface area contributed by atoms with Gasteiger partial charge in [0.2, 0.25) is 6.10 Å². The van der Waals surface area contributed by atoms with Crippen molar-refractivity contribution in [3.05, 3.63) is 63.3 Å². The molecule has 1 unspecified atom stereocenters. The molecule has 20 heavy (non-hydrogen) atoms. The van der Waals surface area contributed by atoms with Crippen LogP contribution in [0.2, 0.25) is 5.02 Å². The fourth-order valence-electron chi connectivity index (χ4n) is 1.60. The van der Waals surface area contributed by atoms with Crippen LogP contribution in [0.15, 0.2) is 46.9 Å². The van der Waals surface area contributed by atoms with Gasteiger partial charge in [-0.05, 0) is 46.3 Å². The predicted molar refractivity (Wildman–Crippen MR) is 76.6 cm³/mol. The highest BCUT2D eigenvalue weighted by atomic mass is 79.9. The maximum atomic E-state index is 13.0. The molecule has 0 amide bonds. The van der Waals surface area contributed by atoms with Crippen LogP contribution in [-0.2, 0) is 4.79 Å². The average molecular weight is 360 g/mol. The molecule has 1 N–H and O–H groups in total. The standard InChI is InChI=1S/C14H9BrClFO3/c15-11-7-10(17)5-6-12(11)20-13(14(18)19)8-1-3-9(16)4-2-8/h1-7,13H,(H,18,19). The minimum absolute atomic E-state index is 0.244. The Morgan fingerprint density at radius 2 is 1.90 bits per heavy atom. The van der Waals surface area contributed by atoms with Gasteiger partial charge in [0, 0.05) is 10.6 Å². The quantitative estimate of drug-likeness (QED) is 0.877. The number of hydrogen-bond donors (Lipinski definition) is 1. The summed E-state index contributed by atoms with van der Waals surface area (Å²) in [5, 5.41) is 9.76. The minimum atomic E-state index is -1.20. The molecule has 1 atom stereocenters. The van der Waals surface area contributed by atoms with E-state index in [4.69, 9.17) is 16.3 Å². The highest BCUT2D eigenvalue weighted by molar-refractivity contribution is 9.10. The Morgan fingerprint density at radius 1 is 1.25 bits per heavy atom. The van der Waals surface area contributed by atoms with Crippen molar-refractivity contribution in [2.24, 2.45) is 0 Å². The summed E-state index contributed by atoms with van der Waals surface area (Å²) in [6.45, 7) is 0. The first-order chi connectivity index (χ1) is 9.47. The summed E-state index contributed by atoms with van der Waals surface area (Å²) < 4.78 is 18.8. The van der Waals surface area contributed by atoms with Gasteiger partial charge in [-0.15, -0.1) is 0 Å². The van der Waals surface area contributed by atoms with Crippen molar-refractivity contribution >= 4 is 33.5 Å². The lowest BCUT2D eigenvalue weighted by Crippen LogP contribution is -2.18. The van der Waals surface area contributed by atoms with Crippen LogP contribution in [0.1, 0.15) is 11.7 Å². The number of benzene rings is 2. The van der Waals surface area contributed by atoms with Crippen LogP contribution in [0.3, 0.4) is 0 Å². The molecule has 0 fully saturated rings. The SMILES string of the molecule is O=C(O)C(Oc1ccc(F)cc1Br)c1ccc(Cl)cc1. The summed E-state index contributed by atoms with van der Waals surface area (Å²) in [6.07, 6.45) is -1.20. The van der Waals surface area contributed by atoms with Crippen LogP contribution in [-0.4, -0.2) is 11.1 Å². The lowest BCUT2D eigenvalue weighted by atomic mass is 10.1. The molecule has 0 aliphatic heterocycles. The highest BCUT2D eigenvalue weighted by Crippen LogP contribution is 2.30. The summed E-state index contributed by atoms with van der Waals surface area (Å²) >= 11 is 8.89. The van der Waals surface area contributed by atoms with Gasteiger partial charge in [-0.2, -0.15) is 0 Å². The molecule has 0 aliphatic carbocycles. The molecule has 0 saturated heterocycles. The number of halogens is 3. The van der Waals surface area contributed by atoms with E-state index < -0.39 is 17.9 Å². The molecular weight excluding hydrogens is 351 g/mol. The molecule has 3 nitrogen and oxygen atoms in total. The molecule has 0 spiro atoms. The van der Waals surface area contributed by atoms with E-state index in [0.29, 0.717) is 15.1 Å². The Bertz CT molecular complexity index is 631. The van der Waals surface area contributed by atoms with E-state index in [0.717, 1.165) is 0 Å². The zero-order valence-electron chi connectivity index (χ0n) is 10.0. The van der Waals surface area contributed by atoms with E-state index in [1.165, 1.54) is 18.2 Å². The van der Waals surface area contributed by atoms with Gasteiger partial charge in [-0.1, -0.05) is 23.7 Å². The highest BCUT2D eigenvalue weighted by Gasteiger charge is 2.22. The molecule has 0 aliphatic rings. The van der Waals surface area contributed by atoms with E-state index in [-0.39, 0.29) is 5.75 Å². The lowest BCUT2D eigenvalue weighted by molar-refractivity contribution is -0.145. The molecule has 2 rings (SSSR count). The van der Waals surface area contributed by atoms with Gasteiger partial charge in [0.25, 0.3) is 0 Å². The molecule has 0 bridgehead atoms. The van der Waals surface area contributed by atoms with Gasteiger partial charge in [-0.25, -0.2) is 9.18 Å². The molecule has 0 aromatic heterocycles. The van der Waals surface area contributed by atoms with E-state index in [2.05, 4.69) is 15.9 Å². The van der Waals surface area contributed by atoms with Gasteiger partial charge in [0.05, 0.1) is 4.47 Å². The molecule has 2 aromatic rings. The number of rotatable bonds is 4. The first-order valence-corrected chi connectivity index (χ1v) is 6.74. The molecular formula is C14H9BrClFO3. The van der Waals surface area contributed by atoms with Gasteiger partial charge in [0.15, 0.2) is 0 Å². The average Bonchev–Trinajstić information content (AvgIpc) is 2.39. The molecule has 0 radical (unpaired) electrons. The summed E-state index contributed by atoms with van der Waals surface area (Å²) in [5.41, 5.74) is 0.443. The maximum absolute atomic E-state index is 13.0. The number of carbonyl (C=O) groups is 1. The zero-order valence-corrected chi connectivity index (χ0v) is 12.4. The van der Waals surface area contributed by atoms with Crippen molar-refractivity contribution in [3.8, 4) is 5.75 Å². The van der Waals surface area contributed by atoms with Gasteiger partial charge < -0.3 is 9.84 Å². The van der Waals surface area contributed by atoms with Crippen LogP contribution in [0, 0.1) is 5.82 Å². The van der Waals surface area contributed by atoms with Crippen LogP contribution < -0.4 is 4.74 Å². The van der Waals surface area contributed by atoms with Crippen LogP contribution in [0.4, 0.5) is 4.39 Å². The molecule has 0 heterocycles. The lowest BCUT2D eigenvalue weighted by Gasteiger charge is -2.16. The largest absolute Gasteiger partial charge is 0.478 e. The number of ether oxygens (including phenoxy) is 1. The van der Waals surface area contributed by atoms with E-state index in [1.807, 2.05) is 0 Å². The Hall–Kier alpha value is -1.59. The fourth-order valence-corrected chi connectivity index (χ4v) is 2.17. The summed E-state index contributed by atoms with van der Waals surface area (Å²) in [4.78, 5) is 11.3. The minimum Gasteiger partial charge on any atom is -0.478 e. The smallest absolute Gasteiger partial charge is 0.349 e. The zero-order chi connectivity index (χ0) is 14.7. The number of carboxylic acids is 1. The molecule has 2 aromatic carbocycles. The summed E-state index contributed by atoms with van der Waals surface area (Å²) in [7, 11) is 0. The summed E-state index contributed by atoms with van der Waals surface area (Å²) in [5.74, 6) is -1.35. The van der Waals surface area contributed by atoms with Crippen molar-refractivity contribution in [2.75, 3.05) is 0 Å². The first-order valence-electron chi connectivity index (χ1n) is 5.57. The van der Waals surface area contributed by atoms with Crippen molar-refractivity contribution in [2.45, 2.75) is 6.10 Å². The third-order valence-corrected chi connectivity index (χ3v) is 3.41. The van der Waals surface area contributed by atoms with Gasteiger partial charge >= 0.3 is 5.97 Å². The van der Waals surface area contributed by atoms with Gasteiger partial charge in [-0.3, -0.25) is 0 Å². The Kier molecular flexibility index (Phi) is 4.62. The Labute approximate surface area is 128 Å². The van der Waals surface area contributed by atoms with E-state index in [1.54, 1.807) is 24.3 Å². The molecule has 0 saturated carbocycles. The van der Waals surface area contributed by atoms with Crippen LogP contribution >= 0.6 is 27.5 Å². The van der Waals surface area contributed by atoms with Crippen LogP contribution in [0.25, 0.3) is 0 Å². The predicted octanol–water partition coefficient (Wildman–Crippen LogP) is 4.45. The number of carboxylic acid groups (broad SMARTS) is 1. The Balaban J connectivity index is 2.30. The number of aliphatic carboxylic acids is 1. The monoisotopic (exact) mass is 358 g/mol. The van der Waals surface area contributed by atoms with Gasteiger partial charge in [0.1, 0.15) is 11.6 Å².